The molecule has 0 saturated heterocycles. The quantitative estimate of drug-likeness (QED) is 0.727. The lowest BCUT2D eigenvalue weighted by Gasteiger charge is -2.12. The van der Waals surface area contributed by atoms with E-state index in [2.05, 4.69) is 20.9 Å². The van der Waals surface area contributed by atoms with Crippen LogP contribution in [0, 0.1) is 6.92 Å². The summed E-state index contributed by atoms with van der Waals surface area (Å²) in [5.74, 6) is 0. The Morgan fingerprint density at radius 3 is 2.76 bits per heavy atom. The fourth-order valence-corrected chi connectivity index (χ4v) is 2.60. The number of nitrogens with zero attached hydrogens (tertiary/aromatic N) is 2. The molecule has 0 spiro atoms. The molecule has 5 heteroatoms. The number of nitrogens with two attached hydrogens (primary N) is 1. The molecule has 0 amide bonds. The van der Waals surface area contributed by atoms with Crippen molar-refractivity contribution in [1.29, 1.82) is 0 Å². The van der Waals surface area contributed by atoms with Crippen molar-refractivity contribution in [3.8, 4) is 0 Å². The summed E-state index contributed by atoms with van der Waals surface area (Å²) in [6.45, 7) is 2.21. The van der Waals surface area contributed by atoms with Crippen LogP contribution in [0.3, 0.4) is 0 Å². The molecule has 2 N–H and O–H groups in total. The van der Waals surface area contributed by atoms with Crippen molar-refractivity contribution in [1.82, 2.24) is 9.55 Å². The number of aryl methyl sites for hydroxylation is 1. The highest BCUT2D eigenvalue weighted by atomic mass is 79.9. The van der Waals surface area contributed by atoms with E-state index in [0.29, 0.717) is 17.9 Å². The van der Waals surface area contributed by atoms with Crippen LogP contribution in [0.15, 0.2) is 51.7 Å². The van der Waals surface area contributed by atoms with E-state index in [0.717, 1.165) is 21.1 Å². The van der Waals surface area contributed by atoms with Gasteiger partial charge >= 0.3 is 0 Å². The lowest BCUT2D eigenvalue weighted by molar-refractivity contribution is 0.776. The van der Waals surface area contributed by atoms with Crippen molar-refractivity contribution in [2.75, 3.05) is 5.73 Å². The Balaban J connectivity index is 2.17. The normalized spacial score (nSPS) is 11.0. The number of fused-ring (bicyclic) bond motifs is 1. The number of benzene rings is 2. The highest BCUT2D eigenvalue weighted by molar-refractivity contribution is 9.10. The van der Waals surface area contributed by atoms with Crippen LogP contribution in [0.25, 0.3) is 11.0 Å². The summed E-state index contributed by atoms with van der Waals surface area (Å²) in [6.07, 6.45) is 0. The van der Waals surface area contributed by atoms with Crippen molar-refractivity contribution in [3.63, 3.8) is 0 Å². The van der Waals surface area contributed by atoms with E-state index in [1.54, 1.807) is 11.5 Å². The molecule has 21 heavy (non-hydrogen) atoms. The van der Waals surface area contributed by atoms with Crippen LogP contribution < -0.4 is 11.3 Å². The van der Waals surface area contributed by atoms with Gasteiger partial charge in [-0.05, 0) is 52.7 Å². The smallest absolute Gasteiger partial charge is 0.272 e. The molecule has 3 aromatic rings. The largest absolute Gasteiger partial charge is 0.398 e. The first kappa shape index (κ1) is 13.8. The van der Waals surface area contributed by atoms with Gasteiger partial charge in [0.1, 0.15) is 5.69 Å². The lowest BCUT2D eigenvalue weighted by atomic mass is 10.2. The molecule has 1 heterocycles. The summed E-state index contributed by atoms with van der Waals surface area (Å²) in [5, 5.41) is 0. The Bertz CT molecular complexity index is 886. The first-order valence-corrected chi connectivity index (χ1v) is 7.35. The van der Waals surface area contributed by atoms with Crippen LogP contribution in [0.4, 0.5) is 5.69 Å². The number of nitrogen functional groups attached to an aromatic ring is 1. The van der Waals surface area contributed by atoms with Gasteiger partial charge in [0.15, 0.2) is 0 Å². The van der Waals surface area contributed by atoms with E-state index in [4.69, 9.17) is 5.73 Å². The number of anilines is 1. The number of hydrogen-bond acceptors (Lipinski definition) is 3. The highest BCUT2D eigenvalue weighted by Crippen LogP contribution is 2.21. The molecular formula is C16H14BrN3O. The standard InChI is InChI=1S/C16H14BrN3O/c1-10-16(21)20(15-5-3-2-4-14(15)19-10)9-11-6-7-12(17)13(18)8-11/h2-8H,9,18H2,1H3. The van der Waals surface area contributed by atoms with Gasteiger partial charge in [-0.25, -0.2) is 4.98 Å². The predicted molar refractivity (Wildman–Crippen MR) is 88.4 cm³/mol. The van der Waals surface area contributed by atoms with Crippen LogP contribution in [-0.2, 0) is 6.54 Å². The molecular weight excluding hydrogens is 330 g/mol. The van der Waals surface area contributed by atoms with E-state index < -0.39 is 0 Å². The second-order valence-electron chi connectivity index (χ2n) is 4.93. The average Bonchev–Trinajstić information content (AvgIpc) is 2.47. The zero-order chi connectivity index (χ0) is 15.0. The van der Waals surface area contributed by atoms with Gasteiger partial charge in [-0.15, -0.1) is 0 Å². The second kappa shape index (κ2) is 5.33. The topological polar surface area (TPSA) is 60.9 Å². The zero-order valence-corrected chi connectivity index (χ0v) is 13.1. The number of aromatic nitrogens is 2. The molecule has 0 atom stereocenters. The van der Waals surface area contributed by atoms with Gasteiger partial charge in [-0.2, -0.15) is 0 Å². The molecule has 0 saturated carbocycles. The van der Waals surface area contributed by atoms with Crippen LogP contribution in [0.5, 0.6) is 0 Å². The van der Waals surface area contributed by atoms with Gasteiger partial charge in [-0.1, -0.05) is 18.2 Å². The van der Waals surface area contributed by atoms with E-state index in [1.165, 1.54) is 0 Å². The maximum atomic E-state index is 12.4. The van der Waals surface area contributed by atoms with Gasteiger partial charge in [0, 0.05) is 10.2 Å². The summed E-state index contributed by atoms with van der Waals surface area (Å²) in [7, 11) is 0. The third-order valence-electron chi connectivity index (χ3n) is 3.42. The molecule has 3 rings (SSSR count). The van der Waals surface area contributed by atoms with Crippen molar-refractivity contribution in [2.45, 2.75) is 13.5 Å². The predicted octanol–water partition coefficient (Wildman–Crippen LogP) is 3.10. The second-order valence-corrected chi connectivity index (χ2v) is 5.79. The Labute approximate surface area is 130 Å². The first-order chi connectivity index (χ1) is 10.1. The van der Waals surface area contributed by atoms with Crippen LogP contribution in [0.1, 0.15) is 11.3 Å². The number of rotatable bonds is 2. The minimum atomic E-state index is -0.0739. The Hall–Kier alpha value is -2.14. The molecule has 0 aliphatic carbocycles. The molecule has 1 aromatic heterocycles. The van der Waals surface area contributed by atoms with Crippen molar-refractivity contribution in [3.05, 3.63) is 68.5 Å². The Kier molecular flexibility index (Phi) is 3.51. The number of hydrogen-bond donors (Lipinski definition) is 1. The van der Waals surface area contributed by atoms with Crippen LogP contribution in [0.2, 0.25) is 0 Å². The summed E-state index contributed by atoms with van der Waals surface area (Å²) >= 11 is 3.38. The minimum Gasteiger partial charge on any atom is -0.398 e. The Morgan fingerprint density at radius 1 is 1.24 bits per heavy atom. The van der Waals surface area contributed by atoms with Gasteiger partial charge < -0.3 is 10.3 Å². The summed E-state index contributed by atoms with van der Waals surface area (Å²) in [6, 6.07) is 13.4. The number of halogens is 1. The molecule has 2 aromatic carbocycles. The zero-order valence-electron chi connectivity index (χ0n) is 11.5. The summed E-state index contributed by atoms with van der Waals surface area (Å²) in [5.41, 5.74) is 9.62. The monoisotopic (exact) mass is 343 g/mol. The van der Waals surface area contributed by atoms with E-state index >= 15 is 0 Å². The van der Waals surface area contributed by atoms with Gasteiger partial charge in [-0.3, -0.25) is 4.79 Å². The third-order valence-corrected chi connectivity index (χ3v) is 4.14. The van der Waals surface area contributed by atoms with Crippen LogP contribution >= 0.6 is 15.9 Å². The van der Waals surface area contributed by atoms with Crippen molar-refractivity contribution >= 4 is 32.7 Å². The summed E-state index contributed by atoms with van der Waals surface area (Å²) in [4.78, 5) is 16.7. The minimum absolute atomic E-state index is 0.0739. The average molecular weight is 344 g/mol. The number of para-hydroxylation sites is 2. The summed E-state index contributed by atoms with van der Waals surface area (Å²) < 4.78 is 2.59. The fourth-order valence-electron chi connectivity index (χ4n) is 2.35. The molecule has 0 bridgehead atoms. The lowest BCUT2D eigenvalue weighted by Crippen LogP contribution is -2.24. The molecule has 0 aliphatic heterocycles. The van der Waals surface area contributed by atoms with Crippen molar-refractivity contribution in [2.24, 2.45) is 0 Å². The molecule has 0 fully saturated rings. The van der Waals surface area contributed by atoms with Gasteiger partial charge in [0.05, 0.1) is 17.6 Å². The third kappa shape index (κ3) is 2.56. The Morgan fingerprint density at radius 2 is 2.00 bits per heavy atom. The van der Waals surface area contributed by atoms with E-state index in [1.807, 2.05) is 42.5 Å². The fraction of sp³-hybridized carbons (Fsp3) is 0.125. The van der Waals surface area contributed by atoms with Gasteiger partial charge in [0.25, 0.3) is 5.56 Å². The van der Waals surface area contributed by atoms with E-state index in [9.17, 15) is 4.79 Å². The molecule has 106 valence electrons. The molecule has 0 radical (unpaired) electrons. The first-order valence-electron chi connectivity index (χ1n) is 6.56. The highest BCUT2D eigenvalue weighted by Gasteiger charge is 2.08. The SMILES string of the molecule is Cc1nc2ccccc2n(Cc2ccc(Br)c(N)c2)c1=O. The maximum absolute atomic E-state index is 12.4. The maximum Gasteiger partial charge on any atom is 0.272 e. The van der Waals surface area contributed by atoms with Crippen molar-refractivity contribution < 1.29 is 0 Å². The molecule has 0 aliphatic rings. The van der Waals surface area contributed by atoms with E-state index in [-0.39, 0.29) is 5.56 Å². The molecule has 0 unspecified atom stereocenters. The van der Waals surface area contributed by atoms with Crippen LogP contribution in [-0.4, -0.2) is 9.55 Å². The molecule has 4 nitrogen and oxygen atoms in total. The van der Waals surface area contributed by atoms with Gasteiger partial charge in [0.2, 0.25) is 0 Å².